The minimum Gasteiger partial charge on any atom is -0.444 e. The van der Waals surface area contributed by atoms with Crippen LogP contribution in [0.15, 0.2) is 62.8 Å². The number of ether oxygens (including phenoxy) is 1. The summed E-state index contributed by atoms with van der Waals surface area (Å²) in [6.07, 6.45) is 0.403. The first-order valence-electron chi connectivity index (χ1n) is 11.1. The quantitative estimate of drug-likeness (QED) is 0.461. The summed E-state index contributed by atoms with van der Waals surface area (Å²) < 4.78 is 56.5. The van der Waals surface area contributed by atoms with Gasteiger partial charge < -0.3 is 15.0 Å². The van der Waals surface area contributed by atoms with E-state index in [0.29, 0.717) is 6.54 Å². The molecule has 1 heterocycles. The van der Waals surface area contributed by atoms with E-state index in [-0.39, 0.29) is 15.8 Å². The Balaban J connectivity index is 0.000000319. The first-order valence-corrected chi connectivity index (χ1v) is 14.9. The van der Waals surface area contributed by atoms with Crippen molar-refractivity contribution in [3.8, 4) is 0 Å². The molecule has 36 heavy (non-hydrogen) atoms. The maximum absolute atomic E-state index is 11.8. The van der Waals surface area contributed by atoms with Crippen LogP contribution in [0, 0.1) is 0 Å². The van der Waals surface area contributed by atoms with Gasteiger partial charge in [0.25, 0.3) is 0 Å². The Morgan fingerprint density at radius 1 is 0.917 bits per heavy atom. The van der Waals surface area contributed by atoms with Crippen LogP contribution in [0.25, 0.3) is 0 Å². The second kappa shape index (κ2) is 12.4. The fourth-order valence-corrected chi connectivity index (χ4v) is 5.00. The number of nitrogens with one attached hydrogen (secondary N) is 3. The molecule has 3 rings (SSSR count). The Labute approximate surface area is 222 Å². The Hall–Kier alpha value is -2.19. The molecule has 1 aliphatic heterocycles. The first kappa shape index (κ1) is 30.0. The summed E-state index contributed by atoms with van der Waals surface area (Å²) in [5.41, 5.74) is 0.412. The van der Waals surface area contributed by atoms with Crippen LogP contribution in [0.5, 0.6) is 0 Å². The Morgan fingerprint density at radius 2 is 1.39 bits per heavy atom. The molecule has 0 aliphatic carbocycles. The standard InChI is InChI=1S/C16H25N3O4S.C7H8BrNO2S/c1-16(2,3)23-15(20)18-12-9-10-19(11-12)13-5-7-14(8-6-13)24(21,22)17-4;1-9-12(10,11)7-4-2-6(8)3-5-7/h5-8,12,17H,9-11H2,1-4H3,(H,18,20);2-5,9H,1H3/t12-;/m0./s1. The Bertz CT molecular complexity index is 1230. The highest BCUT2D eigenvalue weighted by Gasteiger charge is 2.26. The van der Waals surface area contributed by atoms with Gasteiger partial charge in [0.05, 0.1) is 15.8 Å². The van der Waals surface area contributed by atoms with Crippen LogP contribution in [-0.4, -0.2) is 61.8 Å². The van der Waals surface area contributed by atoms with E-state index in [0.717, 1.165) is 23.1 Å². The maximum Gasteiger partial charge on any atom is 0.407 e. The number of nitrogens with zero attached hydrogens (tertiary/aromatic N) is 1. The van der Waals surface area contributed by atoms with E-state index in [1.807, 2.05) is 20.8 Å². The number of amides is 1. The number of hydrogen-bond acceptors (Lipinski definition) is 7. The number of benzene rings is 2. The topological polar surface area (TPSA) is 134 Å². The molecular weight excluding hydrogens is 572 g/mol. The molecule has 0 bridgehead atoms. The normalized spacial score (nSPS) is 16.2. The fraction of sp³-hybridized carbons (Fsp3) is 0.435. The third-order valence-corrected chi connectivity index (χ3v) is 8.47. The molecule has 200 valence electrons. The number of rotatable bonds is 6. The molecule has 0 radical (unpaired) electrons. The number of halogens is 1. The largest absolute Gasteiger partial charge is 0.444 e. The molecule has 0 aromatic heterocycles. The van der Waals surface area contributed by atoms with Crippen LogP contribution in [0.1, 0.15) is 27.2 Å². The van der Waals surface area contributed by atoms with E-state index in [1.165, 1.54) is 26.2 Å². The van der Waals surface area contributed by atoms with Crippen molar-refractivity contribution in [1.29, 1.82) is 0 Å². The van der Waals surface area contributed by atoms with Crippen molar-refractivity contribution in [2.45, 2.75) is 48.6 Å². The van der Waals surface area contributed by atoms with Gasteiger partial charge in [-0.25, -0.2) is 31.1 Å². The van der Waals surface area contributed by atoms with Crippen LogP contribution in [-0.2, 0) is 24.8 Å². The van der Waals surface area contributed by atoms with Crippen LogP contribution >= 0.6 is 15.9 Å². The summed E-state index contributed by atoms with van der Waals surface area (Å²) in [5.74, 6) is 0. The molecule has 13 heteroatoms. The number of carbonyl (C=O) groups is 1. The van der Waals surface area contributed by atoms with Crippen molar-refractivity contribution in [2.75, 3.05) is 32.1 Å². The van der Waals surface area contributed by atoms with Gasteiger partial charge in [-0.3, -0.25) is 0 Å². The van der Waals surface area contributed by atoms with E-state index in [9.17, 15) is 21.6 Å². The maximum atomic E-state index is 11.8. The highest BCUT2D eigenvalue weighted by Crippen LogP contribution is 2.22. The summed E-state index contributed by atoms with van der Waals surface area (Å²) in [5, 5.41) is 2.87. The van der Waals surface area contributed by atoms with Gasteiger partial charge in [-0.15, -0.1) is 0 Å². The molecule has 1 aliphatic rings. The lowest BCUT2D eigenvalue weighted by atomic mass is 10.2. The highest BCUT2D eigenvalue weighted by molar-refractivity contribution is 9.10. The van der Waals surface area contributed by atoms with Crippen molar-refractivity contribution in [3.63, 3.8) is 0 Å². The van der Waals surface area contributed by atoms with Gasteiger partial charge in [0.15, 0.2) is 0 Å². The SMILES string of the molecule is CNS(=O)(=O)c1ccc(Br)cc1.CNS(=O)(=O)c1ccc(N2CC[C@H](NC(=O)OC(C)(C)C)C2)cc1. The van der Waals surface area contributed by atoms with Crippen molar-refractivity contribution in [1.82, 2.24) is 14.8 Å². The lowest BCUT2D eigenvalue weighted by molar-refractivity contribution is 0.0509. The lowest BCUT2D eigenvalue weighted by Crippen LogP contribution is -2.40. The minimum atomic E-state index is -3.42. The Kier molecular flexibility index (Phi) is 10.3. The third kappa shape index (κ3) is 9.04. The van der Waals surface area contributed by atoms with E-state index < -0.39 is 31.7 Å². The molecule has 1 atom stereocenters. The van der Waals surface area contributed by atoms with Gasteiger partial charge in [0, 0.05) is 23.2 Å². The van der Waals surface area contributed by atoms with Gasteiger partial charge in [-0.05, 0) is 89.8 Å². The van der Waals surface area contributed by atoms with Crippen LogP contribution < -0.4 is 19.7 Å². The van der Waals surface area contributed by atoms with Crippen molar-refractivity contribution >= 4 is 47.8 Å². The highest BCUT2D eigenvalue weighted by atomic mass is 79.9. The van der Waals surface area contributed by atoms with E-state index in [2.05, 4.69) is 35.6 Å². The summed E-state index contributed by atoms with van der Waals surface area (Å²) >= 11 is 3.22. The zero-order valence-electron chi connectivity index (χ0n) is 20.9. The minimum absolute atomic E-state index is 0.0144. The molecule has 0 unspecified atom stereocenters. The van der Waals surface area contributed by atoms with Gasteiger partial charge in [0.1, 0.15) is 5.60 Å². The first-order chi connectivity index (χ1) is 16.7. The van der Waals surface area contributed by atoms with E-state index in [1.54, 1.807) is 36.4 Å². The Morgan fingerprint density at radius 3 is 1.83 bits per heavy atom. The molecule has 1 saturated heterocycles. The average molecular weight is 606 g/mol. The number of sulfonamides is 2. The molecule has 2 aromatic rings. The van der Waals surface area contributed by atoms with Crippen molar-refractivity contribution in [3.05, 3.63) is 53.0 Å². The number of alkyl carbamates (subject to hydrolysis) is 1. The molecule has 3 N–H and O–H groups in total. The monoisotopic (exact) mass is 604 g/mol. The summed E-state index contributed by atoms with van der Waals surface area (Å²) in [4.78, 5) is 14.4. The predicted molar refractivity (Wildman–Crippen MR) is 143 cm³/mol. The van der Waals surface area contributed by atoms with Crippen molar-refractivity contribution in [2.24, 2.45) is 0 Å². The van der Waals surface area contributed by atoms with Gasteiger partial charge >= 0.3 is 6.09 Å². The van der Waals surface area contributed by atoms with Crippen LogP contribution in [0.3, 0.4) is 0 Å². The van der Waals surface area contributed by atoms with E-state index >= 15 is 0 Å². The molecular formula is C23H33BrN4O6S2. The van der Waals surface area contributed by atoms with Gasteiger partial charge in [0.2, 0.25) is 20.0 Å². The van der Waals surface area contributed by atoms with Gasteiger partial charge in [-0.1, -0.05) is 15.9 Å². The van der Waals surface area contributed by atoms with E-state index in [4.69, 9.17) is 4.74 Å². The second-order valence-electron chi connectivity index (χ2n) is 8.94. The number of hydrogen-bond donors (Lipinski definition) is 3. The molecule has 1 amide bonds. The molecule has 2 aromatic carbocycles. The van der Waals surface area contributed by atoms with Gasteiger partial charge in [-0.2, -0.15) is 0 Å². The summed E-state index contributed by atoms with van der Waals surface area (Å²) in [7, 11) is -3.94. The smallest absolute Gasteiger partial charge is 0.407 e. The average Bonchev–Trinajstić information content (AvgIpc) is 3.27. The number of carbonyl (C=O) groups excluding carboxylic acids is 1. The summed E-state index contributed by atoms with van der Waals surface area (Å²) in [6.45, 7) is 6.94. The zero-order valence-corrected chi connectivity index (χ0v) is 24.1. The molecule has 0 spiro atoms. The molecule has 0 saturated carbocycles. The zero-order chi connectivity index (χ0) is 27.1. The third-order valence-electron chi connectivity index (χ3n) is 5.08. The molecule has 1 fully saturated rings. The van der Waals surface area contributed by atoms with Crippen LogP contribution in [0.2, 0.25) is 0 Å². The lowest BCUT2D eigenvalue weighted by Gasteiger charge is -2.22. The van der Waals surface area contributed by atoms with Crippen molar-refractivity contribution < 1.29 is 26.4 Å². The predicted octanol–water partition coefficient (Wildman–Crippen LogP) is 3.06. The molecule has 10 nitrogen and oxygen atoms in total. The number of anilines is 1. The van der Waals surface area contributed by atoms with Crippen LogP contribution in [0.4, 0.5) is 10.5 Å². The summed E-state index contributed by atoms with van der Waals surface area (Å²) in [6, 6.07) is 13.2. The fourth-order valence-electron chi connectivity index (χ4n) is 3.27. The second-order valence-corrected chi connectivity index (χ2v) is 13.6.